The Balaban J connectivity index is 2.19. The molecule has 0 aliphatic rings. The van der Waals surface area contributed by atoms with Crippen molar-refractivity contribution in [2.75, 3.05) is 5.32 Å². The van der Waals surface area contributed by atoms with Crippen LogP contribution in [-0.2, 0) is 0 Å². The van der Waals surface area contributed by atoms with Gasteiger partial charge in [0.25, 0.3) is 5.91 Å². The van der Waals surface area contributed by atoms with E-state index in [0.717, 1.165) is 0 Å². The lowest BCUT2D eigenvalue weighted by atomic mass is 10.2. The topological polar surface area (TPSA) is 85.1 Å². The highest BCUT2D eigenvalue weighted by atomic mass is 16.2. The van der Waals surface area contributed by atoms with Crippen molar-refractivity contribution in [2.24, 2.45) is 5.73 Å². The number of hydrogen-bond acceptors (Lipinski definition) is 3. The van der Waals surface area contributed by atoms with Gasteiger partial charge in [0.05, 0.1) is 0 Å². The van der Waals surface area contributed by atoms with Gasteiger partial charge in [0.1, 0.15) is 5.69 Å². The van der Waals surface area contributed by atoms with E-state index in [4.69, 9.17) is 5.73 Å². The molecule has 18 heavy (non-hydrogen) atoms. The normalized spacial score (nSPS) is 9.78. The molecule has 90 valence electrons. The molecule has 2 rings (SSSR count). The van der Waals surface area contributed by atoms with Gasteiger partial charge in [0.2, 0.25) is 5.91 Å². The van der Waals surface area contributed by atoms with Gasteiger partial charge >= 0.3 is 0 Å². The number of benzene rings is 1. The average molecular weight is 241 g/mol. The van der Waals surface area contributed by atoms with E-state index >= 15 is 0 Å². The summed E-state index contributed by atoms with van der Waals surface area (Å²) in [6.45, 7) is 0. The number of nitrogens with one attached hydrogen (secondary N) is 1. The Kier molecular flexibility index (Phi) is 3.33. The van der Waals surface area contributed by atoms with Crippen LogP contribution in [0.3, 0.4) is 0 Å². The standard InChI is InChI=1S/C13H11N3O2/c14-12(17)9-6-7-15-11(8-9)13(18)16-10-4-2-1-3-5-10/h1-8H,(H2,14,17)(H,16,18). The lowest BCUT2D eigenvalue weighted by Gasteiger charge is -2.04. The van der Waals surface area contributed by atoms with Crippen LogP contribution in [0.2, 0.25) is 0 Å². The predicted octanol–water partition coefficient (Wildman–Crippen LogP) is 1.43. The van der Waals surface area contributed by atoms with Gasteiger partial charge in [-0.05, 0) is 24.3 Å². The maximum atomic E-state index is 11.9. The van der Waals surface area contributed by atoms with Crippen LogP contribution in [0.4, 0.5) is 5.69 Å². The molecule has 5 heteroatoms. The molecule has 1 aromatic heterocycles. The molecule has 1 heterocycles. The number of para-hydroxylation sites is 1. The maximum absolute atomic E-state index is 11.9. The lowest BCUT2D eigenvalue weighted by Crippen LogP contribution is -2.16. The number of aromatic nitrogens is 1. The number of pyridine rings is 1. The molecular formula is C13H11N3O2. The van der Waals surface area contributed by atoms with Gasteiger partial charge in [-0.25, -0.2) is 0 Å². The summed E-state index contributed by atoms with van der Waals surface area (Å²) in [7, 11) is 0. The van der Waals surface area contributed by atoms with Crippen molar-refractivity contribution in [1.29, 1.82) is 0 Å². The van der Waals surface area contributed by atoms with Gasteiger partial charge in [-0.1, -0.05) is 18.2 Å². The SMILES string of the molecule is NC(=O)c1ccnc(C(=O)Nc2ccccc2)c1. The number of nitrogens with two attached hydrogens (primary N) is 1. The average Bonchev–Trinajstić information content (AvgIpc) is 2.40. The Hall–Kier alpha value is -2.69. The van der Waals surface area contributed by atoms with Crippen molar-refractivity contribution in [2.45, 2.75) is 0 Å². The minimum absolute atomic E-state index is 0.148. The first-order chi connectivity index (χ1) is 8.66. The van der Waals surface area contributed by atoms with Crippen molar-refractivity contribution < 1.29 is 9.59 Å². The fraction of sp³-hybridized carbons (Fsp3) is 0. The summed E-state index contributed by atoms with van der Waals surface area (Å²) in [4.78, 5) is 26.8. The van der Waals surface area contributed by atoms with Crippen molar-refractivity contribution in [1.82, 2.24) is 4.98 Å². The Morgan fingerprint density at radius 2 is 1.83 bits per heavy atom. The quantitative estimate of drug-likeness (QED) is 0.852. The molecule has 0 saturated heterocycles. The number of carbonyl (C=O) groups is 2. The fourth-order valence-corrected chi connectivity index (χ4v) is 1.42. The Labute approximate surface area is 104 Å². The van der Waals surface area contributed by atoms with E-state index in [-0.39, 0.29) is 17.2 Å². The second-order valence-corrected chi connectivity index (χ2v) is 3.61. The van der Waals surface area contributed by atoms with Gasteiger partial charge in [0.15, 0.2) is 0 Å². The largest absolute Gasteiger partial charge is 0.366 e. The van der Waals surface area contributed by atoms with E-state index in [1.807, 2.05) is 18.2 Å². The smallest absolute Gasteiger partial charge is 0.274 e. The van der Waals surface area contributed by atoms with Crippen LogP contribution < -0.4 is 11.1 Å². The van der Waals surface area contributed by atoms with E-state index < -0.39 is 5.91 Å². The minimum atomic E-state index is -0.592. The minimum Gasteiger partial charge on any atom is -0.366 e. The third kappa shape index (κ3) is 2.70. The number of hydrogen-bond donors (Lipinski definition) is 2. The first kappa shape index (κ1) is 11.8. The van der Waals surface area contributed by atoms with Crippen LogP contribution in [-0.4, -0.2) is 16.8 Å². The number of nitrogens with zero attached hydrogens (tertiary/aromatic N) is 1. The molecule has 3 N–H and O–H groups in total. The van der Waals surface area contributed by atoms with Crippen LogP contribution in [0.25, 0.3) is 0 Å². The summed E-state index contributed by atoms with van der Waals surface area (Å²) in [5.41, 5.74) is 6.20. The van der Waals surface area contributed by atoms with Crippen LogP contribution in [0.1, 0.15) is 20.8 Å². The van der Waals surface area contributed by atoms with Gasteiger partial charge < -0.3 is 11.1 Å². The Bertz CT molecular complexity index is 582. The molecular weight excluding hydrogens is 230 g/mol. The zero-order valence-electron chi connectivity index (χ0n) is 9.46. The van der Waals surface area contributed by atoms with Crippen LogP contribution in [0, 0.1) is 0 Å². The monoisotopic (exact) mass is 241 g/mol. The van der Waals surface area contributed by atoms with E-state index in [0.29, 0.717) is 5.69 Å². The molecule has 0 fully saturated rings. The Morgan fingerprint density at radius 1 is 1.11 bits per heavy atom. The van der Waals surface area contributed by atoms with Crippen molar-refractivity contribution in [3.05, 3.63) is 59.9 Å². The molecule has 5 nitrogen and oxygen atoms in total. The number of amides is 2. The summed E-state index contributed by atoms with van der Waals surface area (Å²) in [5.74, 6) is -0.976. The van der Waals surface area contributed by atoms with Gasteiger partial charge in [-0.15, -0.1) is 0 Å². The van der Waals surface area contributed by atoms with Crippen molar-refractivity contribution >= 4 is 17.5 Å². The van der Waals surface area contributed by atoms with Crippen LogP contribution in [0.5, 0.6) is 0 Å². The highest BCUT2D eigenvalue weighted by Crippen LogP contribution is 2.08. The van der Waals surface area contributed by atoms with Crippen molar-refractivity contribution in [3.8, 4) is 0 Å². The summed E-state index contributed by atoms with van der Waals surface area (Å²) in [6, 6.07) is 11.8. The number of primary amides is 1. The second kappa shape index (κ2) is 5.09. The predicted molar refractivity (Wildman–Crippen MR) is 67.2 cm³/mol. The lowest BCUT2D eigenvalue weighted by molar-refractivity contribution is 0.1000. The molecule has 0 aliphatic carbocycles. The third-order valence-corrected chi connectivity index (χ3v) is 2.31. The molecule has 0 aliphatic heterocycles. The molecule has 0 spiro atoms. The molecule has 0 radical (unpaired) electrons. The van der Waals surface area contributed by atoms with Crippen molar-refractivity contribution in [3.63, 3.8) is 0 Å². The first-order valence-corrected chi connectivity index (χ1v) is 5.29. The van der Waals surface area contributed by atoms with E-state index in [2.05, 4.69) is 10.3 Å². The summed E-state index contributed by atoms with van der Waals surface area (Å²) in [5, 5.41) is 2.67. The molecule has 0 saturated carbocycles. The molecule has 1 aromatic carbocycles. The maximum Gasteiger partial charge on any atom is 0.274 e. The highest BCUT2D eigenvalue weighted by molar-refractivity contribution is 6.04. The summed E-state index contributed by atoms with van der Waals surface area (Å²) in [6.07, 6.45) is 1.38. The van der Waals surface area contributed by atoms with E-state index in [1.165, 1.54) is 18.3 Å². The zero-order chi connectivity index (χ0) is 13.0. The third-order valence-electron chi connectivity index (χ3n) is 2.31. The van der Waals surface area contributed by atoms with Crippen LogP contribution >= 0.6 is 0 Å². The fourth-order valence-electron chi connectivity index (χ4n) is 1.42. The van der Waals surface area contributed by atoms with Gasteiger partial charge in [0, 0.05) is 17.4 Å². The van der Waals surface area contributed by atoms with Crippen LogP contribution in [0.15, 0.2) is 48.7 Å². The zero-order valence-corrected chi connectivity index (χ0v) is 9.46. The second-order valence-electron chi connectivity index (χ2n) is 3.61. The molecule has 2 amide bonds. The van der Waals surface area contributed by atoms with E-state index in [9.17, 15) is 9.59 Å². The Morgan fingerprint density at radius 3 is 2.50 bits per heavy atom. The molecule has 0 atom stereocenters. The highest BCUT2D eigenvalue weighted by Gasteiger charge is 2.10. The molecule has 0 unspecified atom stereocenters. The summed E-state index contributed by atoms with van der Waals surface area (Å²) < 4.78 is 0. The van der Waals surface area contributed by atoms with Gasteiger partial charge in [-0.2, -0.15) is 0 Å². The molecule has 0 bridgehead atoms. The van der Waals surface area contributed by atoms with Gasteiger partial charge in [-0.3, -0.25) is 14.6 Å². The number of carbonyl (C=O) groups excluding carboxylic acids is 2. The molecule has 2 aromatic rings. The first-order valence-electron chi connectivity index (χ1n) is 5.29. The number of anilines is 1. The number of rotatable bonds is 3. The summed E-state index contributed by atoms with van der Waals surface area (Å²) >= 11 is 0. The van der Waals surface area contributed by atoms with E-state index in [1.54, 1.807) is 12.1 Å².